The van der Waals surface area contributed by atoms with Gasteiger partial charge in [0.15, 0.2) is 22.1 Å². The largest absolute Gasteiger partial charge is 0.493 e. The molecule has 0 aliphatic rings. The average molecular weight is 407 g/mol. The van der Waals surface area contributed by atoms with Crippen LogP contribution in [-0.2, 0) is 13.0 Å². The van der Waals surface area contributed by atoms with Gasteiger partial charge in [0, 0.05) is 18.1 Å². The van der Waals surface area contributed by atoms with Crippen LogP contribution in [0, 0.1) is 0 Å². The highest BCUT2D eigenvalue weighted by atomic mass is 32.1. The van der Waals surface area contributed by atoms with Crippen LogP contribution in [0.4, 0.5) is 5.69 Å². The van der Waals surface area contributed by atoms with E-state index in [1.54, 1.807) is 44.2 Å². The van der Waals surface area contributed by atoms with Gasteiger partial charge >= 0.3 is 0 Å². The minimum absolute atomic E-state index is 0.725. The molecular weight excluding hydrogens is 386 g/mol. The number of rotatable bonds is 7. The van der Waals surface area contributed by atoms with Crippen molar-refractivity contribution in [1.82, 2.24) is 9.55 Å². The van der Waals surface area contributed by atoms with Gasteiger partial charge in [0.1, 0.15) is 0 Å². The van der Waals surface area contributed by atoms with Crippen LogP contribution in [0.2, 0.25) is 0 Å². The Morgan fingerprint density at radius 3 is 2.72 bits per heavy atom. The lowest BCUT2D eigenvalue weighted by molar-refractivity contribution is 0.354. The quantitative estimate of drug-likeness (QED) is 0.446. The number of hydrogen-bond donors (Lipinski definition) is 0. The summed E-state index contributed by atoms with van der Waals surface area (Å²) in [6, 6.07) is 13.7. The molecule has 3 heterocycles. The number of aromatic nitrogens is 2. The molecule has 0 fully saturated rings. The number of methoxy groups -OCH3 is 2. The van der Waals surface area contributed by atoms with Crippen LogP contribution in [0.15, 0.2) is 75.9 Å². The number of hydrogen-bond acceptors (Lipinski definition) is 6. The molecule has 148 valence electrons. The van der Waals surface area contributed by atoms with Crippen LogP contribution < -0.4 is 14.3 Å². The molecule has 4 rings (SSSR count). The second-order valence-electron chi connectivity index (χ2n) is 6.29. The molecule has 0 aliphatic carbocycles. The van der Waals surface area contributed by atoms with Gasteiger partial charge in [0.25, 0.3) is 0 Å². The third kappa shape index (κ3) is 4.25. The summed E-state index contributed by atoms with van der Waals surface area (Å²) < 4.78 is 18.6. The highest BCUT2D eigenvalue weighted by Gasteiger charge is 2.12. The van der Waals surface area contributed by atoms with E-state index in [1.807, 2.05) is 36.4 Å². The van der Waals surface area contributed by atoms with Crippen molar-refractivity contribution in [2.45, 2.75) is 13.0 Å². The minimum atomic E-state index is 0.725. The maximum atomic E-state index is 5.64. The Labute approximate surface area is 172 Å². The summed E-state index contributed by atoms with van der Waals surface area (Å²) in [5.74, 6) is 2.27. The molecule has 0 radical (unpaired) electrons. The third-order valence-electron chi connectivity index (χ3n) is 4.51. The molecule has 0 amide bonds. The molecule has 0 saturated carbocycles. The van der Waals surface area contributed by atoms with Gasteiger partial charge in [-0.15, -0.1) is 11.3 Å². The first-order valence-electron chi connectivity index (χ1n) is 9.16. The number of ether oxygens (including phenoxy) is 2. The number of thiazole rings is 1. The smallest absolute Gasteiger partial charge is 0.190 e. The van der Waals surface area contributed by atoms with Crippen molar-refractivity contribution >= 4 is 17.0 Å². The molecule has 0 unspecified atom stereocenters. The van der Waals surface area contributed by atoms with Crippen LogP contribution in [0.1, 0.15) is 5.56 Å². The van der Waals surface area contributed by atoms with E-state index in [0.29, 0.717) is 0 Å². The Morgan fingerprint density at radius 1 is 1.10 bits per heavy atom. The predicted molar refractivity (Wildman–Crippen MR) is 113 cm³/mol. The van der Waals surface area contributed by atoms with Gasteiger partial charge < -0.3 is 18.5 Å². The van der Waals surface area contributed by atoms with Gasteiger partial charge in [0.2, 0.25) is 0 Å². The lowest BCUT2D eigenvalue weighted by Gasteiger charge is -2.11. The molecule has 1 aromatic carbocycles. The molecule has 0 atom stereocenters. The van der Waals surface area contributed by atoms with Crippen molar-refractivity contribution in [1.29, 1.82) is 0 Å². The molecular formula is C22H21N3O3S. The summed E-state index contributed by atoms with van der Waals surface area (Å²) >= 11 is 1.58. The van der Waals surface area contributed by atoms with E-state index >= 15 is 0 Å². The maximum absolute atomic E-state index is 5.64. The average Bonchev–Trinajstić information content (AvgIpc) is 3.42. The molecule has 4 aromatic rings. The molecule has 3 aromatic heterocycles. The van der Waals surface area contributed by atoms with Crippen molar-refractivity contribution in [2.24, 2.45) is 4.99 Å². The van der Waals surface area contributed by atoms with E-state index in [1.165, 1.54) is 0 Å². The second-order valence-corrected chi connectivity index (χ2v) is 7.13. The Bertz CT molecular complexity index is 1130. The lowest BCUT2D eigenvalue weighted by Crippen LogP contribution is -2.17. The third-order valence-corrected chi connectivity index (χ3v) is 5.38. The highest BCUT2D eigenvalue weighted by molar-refractivity contribution is 7.07. The molecule has 6 nitrogen and oxygen atoms in total. The molecule has 0 spiro atoms. The van der Waals surface area contributed by atoms with Gasteiger partial charge in [-0.1, -0.05) is 6.07 Å². The second kappa shape index (κ2) is 8.79. The summed E-state index contributed by atoms with van der Waals surface area (Å²) in [7, 11) is 3.29. The van der Waals surface area contributed by atoms with Gasteiger partial charge in [-0.2, -0.15) is 0 Å². The minimum Gasteiger partial charge on any atom is -0.493 e. The lowest BCUT2D eigenvalue weighted by atomic mass is 10.1. The number of aryl methyl sites for hydroxylation is 1. The van der Waals surface area contributed by atoms with Crippen molar-refractivity contribution in [2.75, 3.05) is 14.2 Å². The van der Waals surface area contributed by atoms with E-state index in [0.717, 1.165) is 52.0 Å². The number of pyridine rings is 1. The van der Waals surface area contributed by atoms with E-state index in [-0.39, 0.29) is 0 Å². The molecule has 0 saturated heterocycles. The van der Waals surface area contributed by atoms with Crippen molar-refractivity contribution < 1.29 is 13.9 Å². The Balaban J connectivity index is 1.68. The number of nitrogens with zero attached hydrogens (tertiary/aromatic N) is 3. The van der Waals surface area contributed by atoms with Gasteiger partial charge in [-0.3, -0.25) is 4.98 Å². The summed E-state index contributed by atoms with van der Waals surface area (Å²) in [6.45, 7) is 0.744. The van der Waals surface area contributed by atoms with E-state index in [9.17, 15) is 0 Å². The summed E-state index contributed by atoms with van der Waals surface area (Å²) in [4.78, 5) is 9.82. The van der Waals surface area contributed by atoms with Crippen LogP contribution >= 0.6 is 11.3 Å². The predicted octanol–water partition coefficient (Wildman–Crippen LogP) is 4.70. The first-order valence-corrected chi connectivity index (χ1v) is 10.0. The molecule has 29 heavy (non-hydrogen) atoms. The maximum Gasteiger partial charge on any atom is 0.190 e. The molecule has 7 heteroatoms. The summed E-state index contributed by atoms with van der Waals surface area (Å²) in [5, 5.41) is 2.07. The fourth-order valence-corrected chi connectivity index (χ4v) is 4.00. The van der Waals surface area contributed by atoms with Crippen LogP contribution in [0.5, 0.6) is 11.5 Å². The summed E-state index contributed by atoms with van der Waals surface area (Å²) in [5.41, 5.74) is 2.97. The highest BCUT2D eigenvalue weighted by Crippen LogP contribution is 2.28. The Kier molecular flexibility index (Phi) is 5.76. The molecule has 0 N–H and O–H groups in total. The number of furan rings is 1. The monoisotopic (exact) mass is 407 g/mol. The molecule has 0 aliphatic heterocycles. The van der Waals surface area contributed by atoms with E-state index in [4.69, 9.17) is 18.9 Å². The van der Waals surface area contributed by atoms with Crippen LogP contribution in [-0.4, -0.2) is 23.8 Å². The van der Waals surface area contributed by atoms with Gasteiger partial charge in [0.05, 0.1) is 38.1 Å². The topological polar surface area (TPSA) is 61.8 Å². The molecule has 0 bridgehead atoms. The van der Waals surface area contributed by atoms with Gasteiger partial charge in [-0.05, 0) is 48.4 Å². The van der Waals surface area contributed by atoms with Crippen molar-refractivity contribution in [3.8, 4) is 23.0 Å². The fourth-order valence-electron chi connectivity index (χ4n) is 3.06. The Morgan fingerprint density at radius 2 is 2.00 bits per heavy atom. The first kappa shape index (κ1) is 19.0. The van der Waals surface area contributed by atoms with Gasteiger partial charge in [-0.25, -0.2) is 4.99 Å². The fraction of sp³-hybridized carbons (Fsp3) is 0.182. The standard InChI is InChI=1S/C22H21N3O3S/c1-26-20-8-7-16(13-21(20)27-2)9-11-25-18(19-6-4-12-28-19)15-29-22(25)24-17-5-3-10-23-14-17/h3-8,10,12-15H,9,11H2,1-2H3. The normalized spacial score (nSPS) is 11.6. The zero-order valence-electron chi connectivity index (χ0n) is 16.2. The summed E-state index contributed by atoms with van der Waals surface area (Å²) in [6.07, 6.45) is 5.99. The van der Waals surface area contributed by atoms with Crippen LogP contribution in [0.25, 0.3) is 11.5 Å². The van der Waals surface area contributed by atoms with Crippen molar-refractivity contribution in [3.05, 3.63) is 76.9 Å². The Hall–Kier alpha value is -3.32. The zero-order valence-corrected chi connectivity index (χ0v) is 17.1. The van der Waals surface area contributed by atoms with E-state index < -0.39 is 0 Å². The SMILES string of the molecule is COc1ccc(CCn2c(-c3ccco3)csc2=Nc2cccnc2)cc1OC. The van der Waals surface area contributed by atoms with Crippen LogP contribution in [0.3, 0.4) is 0 Å². The zero-order chi connectivity index (χ0) is 20.1. The first-order chi connectivity index (χ1) is 14.3. The number of benzene rings is 1. The van der Waals surface area contributed by atoms with Crippen molar-refractivity contribution in [3.63, 3.8) is 0 Å². The van der Waals surface area contributed by atoms with E-state index in [2.05, 4.69) is 21.0 Å².